The number of amides is 1. The normalized spacial score (nSPS) is 11.9. The molecule has 4 aromatic rings. The topological polar surface area (TPSA) is 86.1 Å². The molecule has 2 aromatic heterocycles. The molecule has 0 aliphatic heterocycles. The fourth-order valence-corrected chi connectivity index (χ4v) is 4.61. The first-order valence-corrected chi connectivity index (χ1v) is 12.3. The zero-order chi connectivity index (χ0) is 25.7. The van der Waals surface area contributed by atoms with Gasteiger partial charge in [-0.3, -0.25) is 4.79 Å². The summed E-state index contributed by atoms with van der Waals surface area (Å²) in [5.74, 6) is -0.617. The first-order valence-electron chi connectivity index (χ1n) is 12.3. The van der Waals surface area contributed by atoms with Crippen molar-refractivity contribution in [2.75, 3.05) is 6.61 Å². The van der Waals surface area contributed by atoms with Crippen molar-refractivity contribution in [2.24, 2.45) is 0 Å². The van der Waals surface area contributed by atoms with Crippen molar-refractivity contribution in [2.45, 2.75) is 53.0 Å². The predicted octanol–water partition coefficient (Wildman–Crippen LogP) is 4.57. The number of benzene rings is 2. The minimum atomic E-state index is -0.728. The van der Waals surface area contributed by atoms with Crippen LogP contribution in [0.2, 0.25) is 0 Å². The molecule has 7 heteroatoms. The second-order valence-corrected chi connectivity index (χ2v) is 8.89. The van der Waals surface area contributed by atoms with E-state index >= 15 is 0 Å². The third kappa shape index (κ3) is 5.46. The number of para-hydroxylation sites is 1. The quantitative estimate of drug-likeness (QED) is 0.352. The van der Waals surface area contributed by atoms with Crippen molar-refractivity contribution in [3.63, 3.8) is 0 Å². The van der Waals surface area contributed by atoms with Crippen LogP contribution in [0, 0.1) is 20.8 Å². The number of esters is 1. The van der Waals surface area contributed by atoms with Crippen molar-refractivity contribution in [1.29, 1.82) is 0 Å². The van der Waals surface area contributed by atoms with Crippen LogP contribution in [0.3, 0.4) is 0 Å². The number of nitrogens with one attached hydrogen (secondary N) is 1. The number of ether oxygens (including phenoxy) is 1. The molecule has 0 aliphatic carbocycles. The summed E-state index contributed by atoms with van der Waals surface area (Å²) >= 11 is 0. The maximum Gasteiger partial charge on any atom is 0.328 e. The van der Waals surface area contributed by atoms with Gasteiger partial charge >= 0.3 is 5.97 Å². The number of rotatable bonds is 9. The predicted molar refractivity (Wildman–Crippen MR) is 140 cm³/mol. The van der Waals surface area contributed by atoms with E-state index in [1.54, 1.807) is 6.92 Å². The molecule has 0 saturated heterocycles. The summed E-state index contributed by atoms with van der Waals surface area (Å²) in [7, 11) is 0. The lowest BCUT2D eigenvalue weighted by Gasteiger charge is -2.18. The lowest BCUT2D eigenvalue weighted by atomic mass is 9.99. The summed E-state index contributed by atoms with van der Waals surface area (Å²) in [5.41, 5.74) is 6.61. The number of aromatic nitrogens is 3. The first-order chi connectivity index (χ1) is 17.4. The van der Waals surface area contributed by atoms with Gasteiger partial charge in [-0.2, -0.15) is 5.10 Å². The highest BCUT2D eigenvalue weighted by Gasteiger charge is 2.23. The smallest absolute Gasteiger partial charge is 0.328 e. The standard InChI is InChI=1S/C29H32N4O3/c1-5-36-29(35)25(18-22-12-8-6-9-13-22)31-26(34)17-16-24-19(2)27-21(4)32-33(28(27)30-20(24)3)23-14-10-7-11-15-23/h6-15,25H,5,16-18H2,1-4H3,(H,31,34)/t25-/m1/s1. The maximum atomic E-state index is 12.9. The Balaban J connectivity index is 1.52. The molecule has 1 amide bonds. The fourth-order valence-electron chi connectivity index (χ4n) is 4.61. The first kappa shape index (κ1) is 25.1. The van der Waals surface area contributed by atoms with Crippen molar-refractivity contribution >= 4 is 22.9 Å². The third-order valence-electron chi connectivity index (χ3n) is 6.37. The molecular weight excluding hydrogens is 452 g/mol. The fraction of sp³-hybridized carbons (Fsp3) is 0.310. The molecule has 0 fully saturated rings. The highest BCUT2D eigenvalue weighted by atomic mass is 16.5. The Hall–Kier alpha value is -4.00. The summed E-state index contributed by atoms with van der Waals surface area (Å²) in [6.45, 7) is 8.03. The number of carbonyl (C=O) groups excluding carboxylic acids is 2. The van der Waals surface area contributed by atoms with Gasteiger partial charge in [0.15, 0.2) is 5.65 Å². The molecule has 0 bridgehead atoms. The van der Waals surface area contributed by atoms with Gasteiger partial charge in [-0.1, -0.05) is 48.5 Å². The average Bonchev–Trinajstić information content (AvgIpc) is 3.20. The van der Waals surface area contributed by atoms with Gasteiger partial charge < -0.3 is 10.1 Å². The minimum absolute atomic E-state index is 0.195. The molecule has 0 saturated carbocycles. The number of carbonyl (C=O) groups is 2. The Morgan fingerprint density at radius 2 is 1.64 bits per heavy atom. The SMILES string of the molecule is CCOC(=O)[C@@H](Cc1ccccc1)NC(=O)CCc1c(C)nc2c(c(C)nn2-c2ccccc2)c1C. The molecule has 186 valence electrons. The number of hydrogen-bond donors (Lipinski definition) is 1. The lowest BCUT2D eigenvalue weighted by Crippen LogP contribution is -2.43. The van der Waals surface area contributed by atoms with Crippen LogP contribution >= 0.6 is 0 Å². The Morgan fingerprint density at radius 1 is 0.972 bits per heavy atom. The third-order valence-corrected chi connectivity index (χ3v) is 6.37. The van der Waals surface area contributed by atoms with E-state index < -0.39 is 12.0 Å². The van der Waals surface area contributed by atoms with Crippen LogP contribution < -0.4 is 5.32 Å². The molecule has 0 radical (unpaired) electrons. The number of pyridine rings is 1. The molecule has 1 N–H and O–H groups in total. The van der Waals surface area contributed by atoms with Crippen molar-refractivity contribution < 1.29 is 14.3 Å². The van der Waals surface area contributed by atoms with Crippen LogP contribution in [0.15, 0.2) is 60.7 Å². The molecule has 0 spiro atoms. The van der Waals surface area contributed by atoms with Gasteiger partial charge in [-0.05, 0) is 62.9 Å². The van der Waals surface area contributed by atoms with Crippen LogP contribution in [0.1, 0.15) is 41.4 Å². The van der Waals surface area contributed by atoms with E-state index in [-0.39, 0.29) is 18.9 Å². The van der Waals surface area contributed by atoms with Gasteiger partial charge in [0.1, 0.15) is 6.04 Å². The van der Waals surface area contributed by atoms with E-state index in [0.29, 0.717) is 12.8 Å². The number of hydrogen-bond acceptors (Lipinski definition) is 5. The zero-order valence-electron chi connectivity index (χ0n) is 21.2. The molecule has 2 aromatic carbocycles. The van der Waals surface area contributed by atoms with Crippen molar-refractivity contribution in [1.82, 2.24) is 20.1 Å². The largest absolute Gasteiger partial charge is 0.464 e. The van der Waals surface area contributed by atoms with Gasteiger partial charge in [0.25, 0.3) is 0 Å². The number of fused-ring (bicyclic) bond motifs is 1. The zero-order valence-corrected chi connectivity index (χ0v) is 21.2. The molecule has 1 atom stereocenters. The van der Waals surface area contributed by atoms with Crippen LogP contribution in [0.25, 0.3) is 16.7 Å². The Morgan fingerprint density at radius 3 is 2.31 bits per heavy atom. The van der Waals surface area contributed by atoms with Crippen LogP contribution in [0.4, 0.5) is 0 Å². The minimum Gasteiger partial charge on any atom is -0.464 e. The molecular formula is C29H32N4O3. The lowest BCUT2D eigenvalue weighted by molar-refractivity contribution is -0.147. The second kappa shape index (κ2) is 11.2. The average molecular weight is 485 g/mol. The highest BCUT2D eigenvalue weighted by molar-refractivity contribution is 5.86. The van der Waals surface area contributed by atoms with Crippen LogP contribution in [0.5, 0.6) is 0 Å². The van der Waals surface area contributed by atoms with E-state index in [4.69, 9.17) is 14.8 Å². The van der Waals surface area contributed by atoms with Gasteiger partial charge in [0.05, 0.1) is 18.0 Å². The maximum absolute atomic E-state index is 12.9. The monoisotopic (exact) mass is 484 g/mol. The van der Waals surface area contributed by atoms with E-state index in [0.717, 1.165) is 44.8 Å². The van der Waals surface area contributed by atoms with Gasteiger partial charge in [-0.25, -0.2) is 14.5 Å². The highest BCUT2D eigenvalue weighted by Crippen LogP contribution is 2.28. The molecule has 7 nitrogen and oxygen atoms in total. The second-order valence-electron chi connectivity index (χ2n) is 8.89. The van der Waals surface area contributed by atoms with Crippen molar-refractivity contribution in [3.8, 4) is 5.69 Å². The molecule has 36 heavy (non-hydrogen) atoms. The Kier molecular flexibility index (Phi) is 7.78. The summed E-state index contributed by atoms with van der Waals surface area (Å²) in [6, 6.07) is 18.8. The molecule has 2 heterocycles. The van der Waals surface area contributed by atoms with Crippen LogP contribution in [-0.2, 0) is 27.2 Å². The molecule has 4 rings (SSSR count). The van der Waals surface area contributed by atoms with Crippen LogP contribution in [-0.4, -0.2) is 39.3 Å². The van der Waals surface area contributed by atoms with Crippen molar-refractivity contribution in [3.05, 3.63) is 88.7 Å². The molecule has 0 aliphatic rings. The summed E-state index contributed by atoms with van der Waals surface area (Å²) in [6.07, 6.45) is 1.14. The van der Waals surface area contributed by atoms with E-state index in [2.05, 4.69) is 12.2 Å². The Bertz CT molecular complexity index is 1360. The van der Waals surface area contributed by atoms with E-state index in [9.17, 15) is 9.59 Å². The van der Waals surface area contributed by atoms with Gasteiger partial charge in [0, 0.05) is 23.9 Å². The van der Waals surface area contributed by atoms with Gasteiger partial charge in [-0.15, -0.1) is 0 Å². The number of nitrogens with zero attached hydrogens (tertiary/aromatic N) is 3. The summed E-state index contributed by atoms with van der Waals surface area (Å²) in [4.78, 5) is 30.3. The number of aryl methyl sites for hydroxylation is 3. The molecule has 0 unspecified atom stereocenters. The Labute approximate surface area is 211 Å². The summed E-state index contributed by atoms with van der Waals surface area (Å²) < 4.78 is 7.08. The van der Waals surface area contributed by atoms with Gasteiger partial charge in [0.2, 0.25) is 5.91 Å². The summed E-state index contributed by atoms with van der Waals surface area (Å²) in [5, 5.41) is 8.63. The van der Waals surface area contributed by atoms with E-state index in [1.165, 1.54) is 0 Å². The van der Waals surface area contributed by atoms with E-state index in [1.807, 2.05) is 79.2 Å².